The molecule has 1 N–H and O–H groups in total. The third kappa shape index (κ3) is 10.7. The molecule has 0 aliphatic rings. The molecule has 0 spiro atoms. The molecule has 0 aliphatic heterocycles. The van der Waals surface area contributed by atoms with Crippen molar-refractivity contribution in [3.05, 3.63) is 100 Å². The summed E-state index contributed by atoms with van der Waals surface area (Å²) in [6.45, 7) is 12.6. The highest BCUT2D eigenvalue weighted by Gasteiger charge is 2.21. The van der Waals surface area contributed by atoms with Crippen LogP contribution in [0.15, 0.2) is 72.3 Å². The van der Waals surface area contributed by atoms with Crippen molar-refractivity contribution in [3.8, 4) is 11.3 Å². The summed E-state index contributed by atoms with van der Waals surface area (Å²) in [5.74, 6) is 0.164. The van der Waals surface area contributed by atoms with Gasteiger partial charge in [0.25, 0.3) is 0 Å². The van der Waals surface area contributed by atoms with E-state index in [1.165, 1.54) is 7.11 Å². The Balaban J connectivity index is 0.000000695. The van der Waals surface area contributed by atoms with Gasteiger partial charge >= 0.3 is 5.97 Å². The SMILES string of the molecule is C/C(Cl)=C\CCl.C=CC.COC(=O)c1cccc(/C=C/c2ccc(-c3cc(C(C)(C)O)nn3C)c(C)c2)c1. The Morgan fingerprint density at radius 3 is 2.21 bits per heavy atom. The Hall–Kier alpha value is -3.12. The number of aryl methyl sites for hydroxylation is 2. The third-order valence-corrected chi connectivity index (χ3v) is 5.48. The second-order valence-corrected chi connectivity index (χ2v) is 9.88. The number of carbonyl (C=O) groups is 1. The maximum Gasteiger partial charge on any atom is 0.337 e. The second kappa shape index (κ2) is 16.0. The second-order valence-electron chi connectivity index (χ2n) is 8.98. The summed E-state index contributed by atoms with van der Waals surface area (Å²) in [7, 11) is 3.26. The molecule has 0 aliphatic carbocycles. The fraction of sp³-hybridized carbons (Fsp3) is 0.290. The fourth-order valence-electron chi connectivity index (χ4n) is 3.28. The minimum absolute atomic E-state index is 0.345. The van der Waals surface area contributed by atoms with E-state index >= 15 is 0 Å². The van der Waals surface area contributed by atoms with Crippen LogP contribution in [0.2, 0.25) is 0 Å². The first-order chi connectivity index (χ1) is 17.9. The van der Waals surface area contributed by atoms with Crippen LogP contribution < -0.4 is 0 Å². The molecule has 7 heteroatoms. The molecule has 1 heterocycles. The van der Waals surface area contributed by atoms with Crippen molar-refractivity contribution in [1.29, 1.82) is 0 Å². The number of allylic oxidation sites excluding steroid dienone is 3. The van der Waals surface area contributed by atoms with E-state index in [1.807, 2.05) is 50.4 Å². The summed E-state index contributed by atoms with van der Waals surface area (Å²) in [5, 5.41) is 15.4. The monoisotopic (exact) mass is 556 g/mol. The average molecular weight is 558 g/mol. The fourth-order valence-corrected chi connectivity index (χ4v) is 3.67. The van der Waals surface area contributed by atoms with Crippen molar-refractivity contribution >= 4 is 41.3 Å². The standard InChI is InChI=1S/C24H26N2O3.C4H6Cl2.C3H6/c1-16-13-18(10-9-17-7-6-8-19(14-17)23(27)29-5)11-12-20(16)21-15-22(24(2,3)28)25-26(21)4;1-4(6)2-3-5;1-3-2/h6-15,28H,1-5H3;2H,3H2,1H3;3H,1H2,2H3/b10-9+;4-2+;. The zero-order chi connectivity index (χ0) is 28.9. The van der Waals surface area contributed by atoms with E-state index < -0.39 is 5.60 Å². The van der Waals surface area contributed by atoms with Crippen LogP contribution in [-0.4, -0.2) is 33.8 Å². The van der Waals surface area contributed by atoms with Crippen molar-refractivity contribution in [2.24, 2.45) is 7.05 Å². The predicted molar refractivity (Wildman–Crippen MR) is 162 cm³/mol. The van der Waals surface area contributed by atoms with E-state index in [1.54, 1.807) is 49.7 Å². The largest absolute Gasteiger partial charge is 0.465 e. The summed E-state index contributed by atoms with van der Waals surface area (Å²) < 4.78 is 6.57. The summed E-state index contributed by atoms with van der Waals surface area (Å²) in [5.41, 5.74) is 5.31. The highest BCUT2D eigenvalue weighted by Crippen LogP contribution is 2.28. The van der Waals surface area contributed by atoms with Crippen LogP contribution in [-0.2, 0) is 17.4 Å². The van der Waals surface area contributed by atoms with Gasteiger partial charge in [-0.2, -0.15) is 5.10 Å². The van der Waals surface area contributed by atoms with Crippen LogP contribution in [0.25, 0.3) is 23.4 Å². The Labute approximate surface area is 237 Å². The number of methoxy groups -OCH3 is 1. The predicted octanol–water partition coefficient (Wildman–Crippen LogP) is 8.14. The van der Waals surface area contributed by atoms with Crippen LogP contribution in [0.4, 0.5) is 0 Å². The number of aliphatic hydroxyl groups is 1. The Morgan fingerprint density at radius 2 is 1.76 bits per heavy atom. The lowest BCUT2D eigenvalue weighted by Crippen LogP contribution is -2.16. The number of alkyl halides is 1. The first kappa shape index (κ1) is 32.9. The number of esters is 1. The Kier molecular flexibility index (Phi) is 13.8. The van der Waals surface area contributed by atoms with Gasteiger partial charge in [0.15, 0.2) is 0 Å². The minimum Gasteiger partial charge on any atom is -0.465 e. The quantitative estimate of drug-likeness (QED) is 0.144. The highest BCUT2D eigenvalue weighted by atomic mass is 35.5. The highest BCUT2D eigenvalue weighted by molar-refractivity contribution is 6.30. The molecule has 0 fully saturated rings. The topological polar surface area (TPSA) is 64.3 Å². The lowest BCUT2D eigenvalue weighted by Gasteiger charge is -2.12. The molecule has 2 aromatic carbocycles. The van der Waals surface area contributed by atoms with Gasteiger partial charge in [-0.05, 0) is 69.5 Å². The van der Waals surface area contributed by atoms with Gasteiger partial charge in [0.1, 0.15) is 5.60 Å². The molecule has 204 valence electrons. The van der Waals surface area contributed by atoms with E-state index in [0.717, 1.165) is 33.0 Å². The van der Waals surface area contributed by atoms with Crippen LogP contribution in [0.3, 0.4) is 0 Å². The van der Waals surface area contributed by atoms with Gasteiger partial charge < -0.3 is 9.84 Å². The molecule has 5 nitrogen and oxygen atoms in total. The molecule has 1 aromatic heterocycles. The van der Waals surface area contributed by atoms with E-state index in [4.69, 9.17) is 27.9 Å². The zero-order valence-corrected chi connectivity index (χ0v) is 24.8. The smallest absolute Gasteiger partial charge is 0.337 e. The molecule has 0 amide bonds. The molecule has 3 rings (SSSR count). The van der Waals surface area contributed by atoms with Gasteiger partial charge in [0.05, 0.1) is 24.1 Å². The van der Waals surface area contributed by atoms with Crippen LogP contribution in [0, 0.1) is 6.92 Å². The van der Waals surface area contributed by atoms with Gasteiger partial charge in [-0.15, -0.1) is 18.2 Å². The molecular formula is C31H38Cl2N2O3. The number of rotatable bonds is 6. The first-order valence-electron chi connectivity index (χ1n) is 12.1. The van der Waals surface area contributed by atoms with Crippen LogP contribution in [0.1, 0.15) is 60.4 Å². The average Bonchev–Trinajstić information content (AvgIpc) is 3.25. The van der Waals surface area contributed by atoms with E-state index in [0.29, 0.717) is 17.1 Å². The van der Waals surface area contributed by atoms with Crippen molar-refractivity contribution in [2.45, 2.75) is 40.2 Å². The van der Waals surface area contributed by atoms with Gasteiger partial charge in [0, 0.05) is 23.5 Å². The minimum atomic E-state index is -0.981. The summed E-state index contributed by atoms with van der Waals surface area (Å²) in [6.07, 6.45) is 7.47. The number of hydrogen-bond acceptors (Lipinski definition) is 4. The van der Waals surface area contributed by atoms with Gasteiger partial charge in [0.2, 0.25) is 0 Å². The zero-order valence-electron chi connectivity index (χ0n) is 23.3. The van der Waals surface area contributed by atoms with Gasteiger partial charge in [-0.3, -0.25) is 4.68 Å². The van der Waals surface area contributed by atoms with Gasteiger partial charge in [-0.1, -0.05) is 66.2 Å². The number of hydrogen-bond donors (Lipinski definition) is 1. The normalized spacial score (nSPS) is 11.3. The number of benzene rings is 2. The first-order valence-corrected chi connectivity index (χ1v) is 13.0. The van der Waals surface area contributed by atoms with E-state index in [-0.39, 0.29) is 5.97 Å². The molecular weight excluding hydrogens is 519 g/mol. The lowest BCUT2D eigenvalue weighted by atomic mass is 9.99. The van der Waals surface area contributed by atoms with Crippen molar-refractivity contribution in [2.75, 3.05) is 13.0 Å². The molecule has 0 radical (unpaired) electrons. The van der Waals surface area contributed by atoms with Crippen molar-refractivity contribution < 1.29 is 14.6 Å². The van der Waals surface area contributed by atoms with Crippen LogP contribution >= 0.6 is 23.2 Å². The summed E-state index contributed by atoms with van der Waals surface area (Å²) >= 11 is 10.6. The van der Waals surface area contributed by atoms with E-state index in [9.17, 15) is 9.90 Å². The van der Waals surface area contributed by atoms with Crippen molar-refractivity contribution in [1.82, 2.24) is 9.78 Å². The number of ether oxygens (including phenoxy) is 1. The summed E-state index contributed by atoms with van der Waals surface area (Å²) in [4.78, 5) is 11.7. The Morgan fingerprint density at radius 1 is 1.16 bits per heavy atom. The number of halogens is 2. The molecule has 0 atom stereocenters. The number of aromatic nitrogens is 2. The number of nitrogens with zero attached hydrogens (tertiary/aromatic N) is 2. The maximum absolute atomic E-state index is 11.7. The van der Waals surface area contributed by atoms with E-state index in [2.05, 4.69) is 30.7 Å². The summed E-state index contributed by atoms with van der Waals surface area (Å²) in [6, 6.07) is 15.4. The van der Waals surface area contributed by atoms with Gasteiger partial charge in [-0.25, -0.2) is 4.79 Å². The molecule has 0 bridgehead atoms. The Bertz CT molecular complexity index is 1260. The van der Waals surface area contributed by atoms with Crippen LogP contribution in [0.5, 0.6) is 0 Å². The molecule has 0 unspecified atom stereocenters. The maximum atomic E-state index is 11.7. The molecule has 0 saturated carbocycles. The molecule has 3 aromatic rings. The third-order valence-electron chi connectivity index (χ3n) is 5.17. The number of carbonyl (C=O) groups excluding carboxylic acids is 1. The lowest BCUT2D eigenvalue weighted by molar-refractivity contribution is 0.0600. The molecule has 38 heavy (non-hydrogen) atoms. The molecule has 0 saturated heterocycles. The van der Waals surface area contributed by atoms with Crippen molar-refractivity contribution in [3.63, 3.8) is 0 Å².